The Morgan fingerprint density at radius 3 is 2.70 bits per heavy atom. The monoisotopic (exact) mass is 353 g/mol. The summed E-state index contributed by atoms with van der Waals surface area (Å²) in [5.41, 5.74) is 6.97. The fourth-order valence-corrected chi connectivity index (χ4v) is 2.93. The summed E-state index contributed by atoms with van der Waals surface area (Å²) in [5, 5.41) is 3.47. The van der Waals surface area contributed by atoms with Gasteiger partial charge in [-0.3, -0.25) is 4.79 Å². The minimum atomic E-state index is -0.570. The van der Waals surface area contributed by atoms with Gasteiger partial charge in [0.15, 0.2) is 0 Å². The first-order chi connectivity index (χ1) is 11.0. The average Bonchev–Trinajstić information content (AvgIpc) is 3.00. The first-order valence-corrected chi connectivity index (χ1v) is 7.81. The van der Waals surface area contributed by atoms with Crippen molar-refractivity contribution in [2.45, 2.75) is 18.5 Å². The standard InChI is InChI=1S/C16H14Cl2FN3O/c17-9-5-6-13(12(19)7-9)20-16(23)15-8-14(21-22-15)10-3-1-2-4-11(10)18/h1-7,14-15,21-22H,8H2,(H,20,23). The van der Waals surface area contributed by atoms with Crippen LogP contribution in [0.3, 0.4) is 0 Å². The first kappa shape index (κ1) is 16.2. The molecule has 0 saturated carbocycles. The van der Waals surface area contributed by atoms with Crippen molar-refractivity contribution in [3.8, 4) is 0 Å². The molecular weight excluding hydrogens is 340 g/mol. The molecule has 0 aliphatic carbocycles. The summed E-state index contributed by atoms with van der Waals surface area (Å²) in [6.07, 6.45) is 0.505. The van der Waals surface area contributed by atoms with Crippen molar-refractivity contribution in [1.82, 2.24) is 10.9 Å². The number of halogens is 3. The zero-order valence-electron chi connectivity index (χ0n) is 11.9. The molecule has 120 valence electrons. The van der Waals surface area contributed by atoms with Crippen molar-refractivity contribution in [2.24, 2.45) is 0 Å². The molecular formula is C16H14Cl2FN3O. The SMILES string of the molecule is O=C(Nc1ccc(Cl)cc1F)C1CC(c2ccccc2Cl)NN1. The van der Waals surface area contributed by atoms with E-state index in [1.807, 2.05) is 18.2 Å². The lowest BCUT2D eigenvalue weighted by molar-refractivity contribution is -0.117. The molecule has 2 aromatic rings. The normalized spacial score (nSPS) is 20.5. The molecule has 0 bridgehead atoms. The minimum Gasteiger partial charge on any atom is -0.322 e. The van der Waals surface area contributed by atoms with Crippen LogP contribution in [0.2, 0.25) is 10.0 Å². The number of rotatable bonds is 3. The number of hydrogen-bond donors (Lipinski definition) is 3. The predicted octanol–water partition coefficient (Wildman–Crippen LogP) is 3.68. The number of benzene rings is 2. The Morgan fingerprint density at radius 2 is 1.96 bits per heavy atom. The summed E-state index contributed by atoms with van der Waals surface area (Å²) in [6.45, 7) is 0. The topological polar surface area (TPSA) is 53.2 Å². The quantitative estimate of drug-likeness (QED) is 0.788. The lowest BCUT2D eigenvalue weighted by Crippen LogP contribution is -2.39. The number of amides is 1. The lowest BCUT2D eigenvalue weighted by Gasteiger charge is -2.12. The van der Waals surface area contributed by atoms with Crippen molar-refractivity contribution in [3.63, 3.8) is 0 Å². The number of hydrogen-bond acceptors (Lipinski definition) is 3. The van der Waals surface area contributed by atoms with E-state index in [0.717, 1.165) is 11.6 Å². The van der Waals surface area contributed by atoms with Crippen LogP contribution in [0.25, 0.3) is 0 Å². The largest absolute Gasteiger partial charge is 0.322 e. The van der Waals surface area contributed by atoms with Crippen LogP contribution in [0.5, 0.6) is 0 Å². The molecule has 0 radical (unpaired) electrons. The first-order valence-electron chi connectivity index (χ1n) is 7.06. The highest BCUT2D eigenvalue weighted by Crippen LogP contribution is 2.28. The number of hydrazine groups is 1. The van der Waals surface area contributed by atoms with Crippen LogP contribution in [-0.2, 0) is 4.79 Å². The van der Waals surface area contributed by atoms with Gasteiger partial charge in [0.1, 0.15) is 11.9 Å². The minimum absolute atomic E-state index is 0.0884. The van der Waals surface area contributed by atoms with E-state index in [-0.39, 0.29) is 22.7 Å². The smallest absolute Gasteiger partial charge is 0.243 e. The Balaban J connectivity index is 1.67. The number of carbonyl (C=O) groups excluding carboxylic acids is 1. The third-order valence-electron chi connectivity index (χ3n) is 3.69. The molecule has 1 fully saturated rings. The number of nitrogens with one attached hydrogen (secondary N) is 3. The van der Waals surface area contributed by atoms with Gasteiger partial charge in [-0.25, -0.2) is 15.2 Å². The van der Waals surface area contributed by atoms with E-state index in [0.29, 0.717) is 11.4 Å². The third-order valence-corrected chi connectivity index (χ3v) is 4.27. The van der Waals surface area contributed by atoms with Gasteiger partial charge in [0, 0.05) is 16.1 Å². The molecule has 23 heavy (non-hydrogen) atoms. The highest BCUT2D eigenvalue weighted by molar-refractivity contribution is 6.31. The Labute approximate surface area is 142 Å². The number of carbonyl (C=O) groups is 1. The van der Waals surface area contributed by atoms with Crippen LogP contribution in [-0.4, -0.2) is 11.9 Å². The van der Waals surface area contributed by atoms with Gasteiger partial charge in [0.25, 0.3) is 0 Å². The number of anilines is 1. The van der Waals surface area contributed by atoms with E-state index in [2.05, 4.69) is 16.2 Å². The third kappa shape index (κ3) is 3.64. The molecule has 1 heterocycles. The second kappa shape index (κ2) is 6.84. The molecule has 3 N–H and O–H groups in total. The summed E-state index contributed by atoms with van der Waals surface area (Å²) in [6, 6.07) is 11.0. The van der Waals surface area contributed by atoms with Crippen LogP contribution >= 0.6 is 23.2 Å². The summed E-state index contributed by atoms with van der Waals surface area (Å²) in [5.74, 6) is -0.896. The summed E-state index contributed by atoms with van der Waals surface area (Å²) < 4.78 is 13.7. The molecule has 1 amide bonds. The zero-order valence-corrected chi connectivity index (χ0v) is 13.5. The zero-order chi connectivity index (χ0) is 16.4. The van der Waals surface area contributed by atoms with Crippen LogP contribution < -0.4 is 16.2 Å². The van der Waals surface area contributed by atoms with Crippen molar-refractivity contribution in [1.29, 1.82) is 0 Å². The highest BCUT2D eigenvalue weighted by Gasteiger charge is 2.31. The van der Waals surface area contributed by atoms with Crippen molar-refractivity contribution in [2.75, 3.05) is 5.32 Å². The predicted molar refractivity (Wildman–Crippen MR) is 88.9 cm³/mol. The molecule has 3 rings (SSSR count). The second-order valence-electron chi connectivity index (χ2n) is 5.26. The van der Waals surface area contributed by atoms with Gasteiger partial charge in [0.05, 0.1) is 5.69 Å². The maximum Gasteiger partial charge on any atom is 0.243 e. The fraction of sp³-hybridized carbons (Fsp3) is 0.188. The van der Waals surface area contributed by atoms with Gasteiger partial charge >= 0.3 is 0 Å². The summed E-state index contributed by atoms with van der Waals surface area (Å²) in [7, 11) is 0. The Kier molecular flexibility index (Phi) is 4.82. The van der Waals surface area contributed by atoms with Crippen LogP contribution in [0.15, 0.2) is 42.5 Å². The van der Waals surface area contributed by atoms with E-state index in [1.54, 1.807) is 6.07 Å². The Bertz CT molecular complexity index is 741. The molecule has 1 aliphatic rings. The van der Waals surface area contributed by atoms with Gasteiger partial charge in [-0.05, 0) is 36.2 Å². The molecule has 0 aromatic heterocycles. The molecule has 2 aromatic carbocycles. The van der Waals surface area contributed by atoms with Crippen LogP contribution in [0.1, 0.15) is 18.0 Å². The molecule has 7 heteroatoms. The Morgan fingerprint density at radius 1 is 1.17 bits per heavy atom. The van der Waals surface area contributed by atoms with Gasteiger partial charge in [-0.1, -0.05) is 41.4 Å². The van der Waals surface area contributed by atoms with E-state index in [9.17, 15) is 9.18 Å². The Hall–Kier alpha value is -1.66. The van der Waals surface area contributed by atoms with E-state index in [4.69, 9.17) is 23.2 Å². The van der Waals surface area contributed by atoms with Gasteiger partial charge < -0.3 is 5.32 Å². The second-order valence-corrected chi connectivity index (χ2v) is 6.11. The fourth-order valence-electron chi connectivity index (χ4n) is 2.50. The average molecular weight is 354 g/mol. The maximum absolute atomic E-state index is 13.7. The van der Waals surface area contributed by atoms with E-state index < -0.39 is 11.9 Å². The molecule has 2 unspecified atom stereocenters. The van der Waals surface area contributed by atoms with Crippen molar-refractivity contribution in [3.05, 3.63) is 63.9 Å². The van der Waals surface area contributed by atoms with Crippen LogP contribution in [0.4, 0.5) is 10.1 Å². The highest BCUT2D eigenvalue weighted by atomic mass is 35.5. The van der Waals surface area contributed by atoms with Gasteiger partial charge in [0.2, 0.25) is 5.91 Å². The van der Waals surface area contributed by atoms with E-state index >= 15 is 0 Å². The molecule has 2 atom stereocenters. The molecule has 4 nitrogen and oxygen atoms in total. The summed E-state index contributed by atoms with van der Waals surface area (Å²) >= 11 is 11.9. The maximum atomic E-state index is 13.7. The van der Waals surface area contributed by atoms with Crippen molar-refractivity contribution < 1.29 is 9.18 Å². The molecule has 1 aliphatic heterocycles. The van der Waals surface area contributed by atoms with Gasteiger partial charge in [-0.15, -0.1) is 0 Å². The molecule has 0 spiro atoms. The van der Waals surface area contributed by atoms with Crippen molar-refractivity contribution >= 4 is 34.8 Å². The lowest BCUT2D eigenvalue weighted by atomic mass is 10.0. The van der Waals surface area contributed by atoms with Gasteiger partial charge in [-0.2, -0.15) is 0 Å². The van der Waals surface area contributed by atoms with Crippen LogP contribution in [0, 0.1) is 5.82 Å². The summed E-state index contributed by atoms with van der Waals surface area (Å²) in [4.78, 5) is 12.3. The molecule has 1 saturated heterocycles. The van der Waals surface area contributed by atoms with E-state index in [1.165, 1.54) is 12.1 Å².